The Morgan fingerprint density at radius 2 is 2.07 bits per heavy atom. The first-order valence-electron chi connectivity index (χ1n) is 4.63. The van der Waals surface area contributed by atoms with Crippen LogP contribution in [0.1, 0.15) is 12.5 Å². The van der Waals surface area contributed by atoms with Crippen LogP contribution in [0.15, 0.2) is 18.2 Å². The Balaban J connectivity index is 2.97. The van der Waals surface area contributed by atoms with Crippen molar-refractivity contribution < 1.29 is 13.2 Å². The van der Waals surface area contributed by atoms with Crippen LogP contribution in [-0.4, -0.2) is 21.3 Å². The summed E-state index contributed by atoms with van der Waals surface area (Å²) in [5.74, 6) is 0.783. The van der Waals surface area contributed by atoms with Gasteiger partial charge in [0.05, 0.1) is 18.6 Å². The fourth-order valence-corrected chi connectivity index (χ4v) is 1.83. The molecule has 0 fully saturated rings. The van der Waals surface area contributed by atoms with E-state index in [-0.39, 0.29) is 5.75 Å². The molecule has 0 bridgehead atoms. The van der Waals surface area contributed by atoms with Gasteiger partial charge >= 0.3 is 0 Å². The van der Waals surface area contributed by atoms with Gasteiger partial charge in [-0.05, 0) is 37.6 Å². The maximum Gasteiger partial charge on any atom is 0.232 e. The molecule has 4 nitrogen and oxygen atoms in total. The van der Waals surface area contributed by atoms with Gasteiger partial charge in [0.25, 0.3) is 0 Å². The SMILES string of the molecule is CCS(=O)(=O)Nc1ccc(OC)cc1C. The number of benzene rings is 1. The zero-order valence-corrected chi connectivity index (χ0v) is 9.89. The van der Waals surface area contributed by atoms with Crippen molar-refractivity contribution in [1.29, 1.82) is 0 Å². The molecule has 1 aromatic carbocycles. The van der Waals surface area contributed by atoms with Gasteiger partial charge < -0.3 is 4.74 Å². The van der Waals surface area contributed by atoms with E-state index >= 15 is 0 Å². The number of ether oxygens (including phenoxy) is 1. The molecule has 0 amide bonds. The summed E-state index contributed by atoms with van der Waals surface area (Å²) in [6.45, 7) is 3.43. The second kappa shape index (κ2) is 4.53. The average molecular weight is 229 g/mol. The predicted molar refractivity (Wildman–Crippen MR) is 60.8 cm³/mol. The second-order valence-corrected chi connectivity index (χ2v) is 5.20. The monoisotopic (exact) mass is 229 g/mol. The lowest BCUT2D eigenvalue weighted by Crippen LogP contribution is -2.15. The molecular weight excluding hydrogens is 214 g/mol. The molecule has 1 rings (SSSR count). The van der Waals surface area contributed by atoms with Crippen molar-refractivity contribution >= 4 is 15.7 Å². The van der Waals surface area contributed by atoms with Crippen molar-refractivity contribution in [2.75, 3.05) is 17.6 Å². The molecule has 1 aromatic rings. The molecule has 15 heavy (non-hydrogen) atoms. The Bertz CT molecular complexity index is 440. The van der Waals surface area contributed by atoms with Crippen LogP contribution in [0.25, 0.3) is 0 Å². The van der Waals surface area contributed by atoms with Crippen molar-refractivity contribution in [1.82, 2.24) is 0 Å². The normalized spacial score (nSPS) is 11.1. The van der Waals surface area contributed by atoms with E-state index in [1.165, 1.54) is 0 Å². The summed E-state index contributed by atoms with van der Waals surface area (Å²) in [6, 6.07) is 5.20. The summed E-state index contributed by atoms with van der Waals surface area (Å²) in [4.78, 5) is 0. The van der Waals surface area contributed by atoms with Crippen molar-refractivity contribution in [3.05, 3.63) is 23.8 Å². The first kappa shape index (κ1) is 11.8. The quantitative estimate of drug-likeness (QED) is 0.856. The van der Waals surface area contributed by atoms with Gasteiger partial charge in [-0.15, -0.1) is 0 Å². The summed E-state index contributed by atoms with van der Waals surface area (Å²) in [7, 11) is -1.63. The minimum Gasteiger partial charge on any atom is -0.497 e. The molecule has 0 aromatic heterocycles. The highest BCUT2D eigenvalue weighted by Gasteiger charge is 2.08. The Labute approximate surface area is 90.3 Å². The van der Waals surface area contributed by atoms with Crippen molar-refractivity contribution in [2.24, 2.45) is 0 Å². The number of nitrogens with one attached hydrogen (secondary N) is 1. The predicted octanol–water partition coefficient (Wildman–Crippen LogP) is 1.77. The molecule has 0 saturated heterocycles. The van der Waals surface area contributed by atoms with Crippen LogP contribution in [-0.2, 0) is 10.0 Å². The zero-order chi connectivity index (χ0) is 11.5. The van der Waals surface area contributed by atoms with E-state index in [1.807, 2.05) is 6.92 Å². The maximum absolute atomic E-state index is 11.3. The Morgan fingerprint density at radius 1 is 1.40 bits per heavy atom. The number of rotatable bonds is 4. The lowest BCUT2D eigenvalue weighted by molar-refractivity contribution is 0.414. The van der Waals surface area contributed by atoms with E-state index in [4.69, 9.17) is 4.74 Å². The molecule has 5 heteroatoms. The van der Waals surface area contributed by atoms with E-state index in [1.54, 1.807) is 32.2 Å². The first-order valence-corrected chi connectivity index (χ1v) is 6.29. The number of methoxy groups -OCH3 is 1. The Morgan fingerprint density at radius 3 is 2.53 bits per heavy atom. The topological polar surface area (TPSA) is 55.4 Å². The number of aryl methyl sites for hydroxylation is 1. The summed E-state index contributed by atoms with van der Waals surface area (Å²) < 4.78 is 30.2. The van der Waals surface area contributed by atoms with E-state index in [0.29, 0.717) is 11.4 Å². The highest BCUT2D eigenvalue weighted by molar-refractivity contribution is 7.92. The third-order valence-corrected chi connectivity index (χ3v) is 3.37. The van der Waals surface area contributed by atoms with Gasteiger partial charge in [0.2, 0.25) is 10.0 Å². The second-order valence-electron chi connectivity index (χ2n) is 3.19. The molecule has 0 aliphatic carbocycles. The van der Waals surface area contributed by atoms with Crippen LogP contribution < -0.4 is 9.46 Å². The Kier molecular flexibility index (Phi) is 3.57. The number of hydrogen-bond donors (Lipinski definition) is 1. The molecule has 0 heterocycles. The molecule has 84 valence electrons. The van der Waals surface area contributed by atoms with Crippen LogP contribution in [0.3, 0.4) is 0 Å². The largest absolute Gasteiger partial charge is 0.497 e. The molecule has 0 radical (unpaired) electrons. The summed E-state index contributed by atoms with van der Waals surface area (Å²) >= 11 is 0. The minimum atomic E-state index is -3.21. The smallest absolute Gasteiger partial charge is 0.232 e. The number of hydrogen-bond acceptors (Lipinski definition) is 3. The minimum absolute atomic E-state index is 0.0679. The maximum atomic E-state index is 11.3. The molecule has 0 spiro atoms. The van der Waals surface area contributed by atoms with Crippen LogP contribution in [0.2, 0.25) is 0 Å². The molecule has 0 saturated carbocycles. The molecule has 0 atom stereocenters. The highest BCUT2D eigenvalue weighted by Crippen LogP contribution is 2.21. The number of sulfonamides is 1. The standard InChI is InChI=1S/C10H15NO3S/c1-4-15(12,13)11-10-6-5-9(14-3)7-8(10)2/h5-7,11H,4H2,1-3H3. The third-order valence-electron chi connectivity index (χ3n) is 2.08. The molecule has 0 unspecified atom stereocenters. The van der Waals surface area contributed by atoms with Gasteiger partial charge in [-0.2, -0.15) is 0 Å². The van der Waals surface area contributed by atoms with Crippen molar-refractivity contribution in [3.8, 4) is 5.75 Å². The Hall–Kier alpha value is -1.23. The van der Waals surface area contributed by atoms with Gasteiger partial charge in [-0.3, -0.25) is 4.72 Å². The van der Waals surface area contributed by atoms with Gasteiger partial charge in [-0.25, -0.2) is 8.42 Å². The molecule has 0 aliphatic heterocycles. The molecule has 1 N–H and O–H groups in total. The lowest BCUT2D eigenvalue weighted by atomic mass is 10.2. The highest BCUT2D eigenvalue weighted by atomic mass is 32.2. The van der Waals surface area contributed by atoms with Gasteiger partial charge in [0.1, 0.15) is 5.75 Å². The number of anilines is 1. The average Bonchev–Trinajstić information content (AvgIpc) is 2.21. The summed E-state index contributed by atoms with van der Waals surface area (Å²) in [5, 5.41) is 0. The van der Waals surface area contributed by atoms with E-state index < -0.39 is 10.0 Å². The van der Waals surface area contributed by atoms with Gasteiger partial charge in [-0.1, -0.05) is 0 Å². The van der Waals surface area contributed by atoms with Crippen molar-refractivity contribution in [3.63, 3.8) is 0 Å². The van der Waals surface area contributed by atoms with E-state index in [9.17, 15) is 8.42 Å². The van der Waals surface area contributed by atoms with Gasteiger partial charge in [0, 0.05) is 0 Å². The first-order chi connectivity index (χ1) is 6.98. The van der Waals surface area contributed by atoms with Crippen LogP contribution in [0.5, 0.6) is 5.75 Å². The van der Waals surface area contributed by atoms with Crippen molar-refractivity contribution in [2.45, 2.75) is 13.8 Å². The van der Waals surface area contributed by atoms with E-state index in [2.05, 4.69) is 4.72 Å². The fraction of sp³-hybridized carbons (Fsp3) is 0.400. The van der Waals surface area contributed by atoms with Crippen LogP contribution in [0.4, 0.5) is 5.69 Å². The van der Waals surface area contributed by atoms with Crippen LogP contribution >= 0.6 is 0 Å². The van der Waals surface area contributed by atoms with Crippen LogP contribution in [0, 0.1) is 6.92 Å². The third kappa shape index (κ3) is 3.13. The fourth-order valence-electron chi connectivity index (χ4n) is 1.12. The zero-order valence-electron chi connectivity index (χ0n) is 9.07. The molecular formula is C10H15NO3S. The summed E-state index contributed by atoms with van der Waals surface area (Å²) in [5.41, 5.74) is 1.43. The lowest BCUT2D eigenvalue weighted by Gasteiger charge is -2.10. The van der Waals surface area contributed by atoms with E-state index in [0.717, 1.165) is 5.56 Å². The summed E-state index contributed by atoms with van der Waals surface area (Å²) in [6.07, 6.45) is 0. The molecule has 0 aliphatic rings. The van der Waals surface area contributed by atoms with Gasteiger partial charge in [0.15, 0.2) is 0 Å².